The van der Waals surface area contributed by atoms with Crippen molar-refractivity contribution >= 4 is 11.5 Å². The molecule has 0 aliphatic rings. The zero-order valence-electron chi connectivity index (χ0n) is 13.7. The van der Waals surface area contributed by atoms with Crippen LogP contribution >= 0.6 is 0 Å². The maximum Gasteiger partial charge on any atom is 0.416 e. The normalized spacial score (nSPS) is 12.8. The first-order valence-electron chi connectivity index (χ1n) is 7.30. The highest BCUT2D eigenvalue weighted by Crippen LogP contribution is 2.38. The number of alkyl halides is 6. The molecule has 2 aromatic rings. The number of ether oxygens (including phenoxy) is 1. The standard InChI is InChI=1S/C18H12F6O3/c1-27-14-4-2-10(3-5-14)15(9-16(25)26)11-6-12(17(19,20)21)8-13(7-11)18(22,23)24/h2-9H,1H3,(H,25,26)/b15-9-. The molecule has 0 amide bonds. The topological polar surface area (TPSA) is 46.5 Å². The molecule has 9 heteroatoms. The molecule has 1 N–H and O–H groups in total. The van der Waals surface area contributed by atoms with E-state index in [4.69, 9.17) is 9.84 Å². The lowest BCUT2D eigenvalue weighted by Crippen LogP contribution is -2.12. The van der Waals surface area contributed by atoms with Crippen molar-refractivity contribution in [3.63, 3.8) is 0 Å². The van der Waals surface area contributed by atoms with Gasteiger partial charge in [0.05, 0.1) is 18.2 Å². The number of benzene rings is 2. The fourth-order valence-electron chi connectivity index (χ4n) is 2.34. The Labute approximate surface area is 149 Å². The summed E-state index contributed by atoms with van der Waals surface area (Å²) in [6.07, 6.45) is -9.52. The highest BCUT2D eigenvalue weighted by molar-refractivity contribution is 5.95. The lowest BCUT2D eigenvalue weighted by molar-refractivity contribution is -0.143. The number of carboxylic acid groups (broad SMARTS) is 1. The Morgan fingerprint density at radius 3 is 1.74 bits per heavy atom. The fraction of sp³-hybridized carbons (Fsp3) is 0.167. The van der Waals surface area contributed by atoms with Gasteiger partial charge in [-0.2, -0.15) is 26.3 Å². The molecule has 3 nitrogen and oxygen atoms in total. The zero-order valence-corrected chi connectivity index (χ0v) is 13.7. The van der Waals surface area contributed by atoms with E-state index in [1.54, 1.807) is 0 Å². The lowest BCUT2D eigenvalue weighted by atomic mass is 9.93. The minimum atomic E-state index is -5.04. The Morgan fingerprint density at radius 1 is 0.889 bits per heavy atom. The molecule has 0 radical (unpaired) electrons. The summed E-state index contributed by atoms with van der Waals surface area (Å²) in [6, 6.07) is 6.42. The van der Waals surface area contributed by atoms with E-state index in [1.165, 1.54) is 31.4 Å². The molecular weight excluding hydrogens is 378 g/mol. The Bertz CT molecular complexity index is 832. The predicted molar refractivity (Wildman–Crippen MR) is 84.2 cm³/mol. The molecule has 0 saturated heterocycles. The third kappa shape index (κ3) is 5.02. The lowest BCUT2D eigenvalue weighted by Gasteiger charge is -2.16. The summed E-state index contributed by atoms with van der Waals surface area (Å²) >= 11 is 0. The van der Waals surface area contributed by atoms with Gasteiger partial charge < -0.3 is 9.84 Å². The van der Waals surface area contributed by atoms with Gasteiger partial charge in [0.15, 0.2) is 0 Å². The molecule has 0 aliphatic heterocycles. The SMILES string of the molecule is COc1ccc(/C(=C/C(=O)O)c2cc(C(F)(F)F)cc(C(F)(F)F)c2)cc1. The summed E-state index contributed by atoms with van der Waals surface area (Å²) in [6.45, 7) is 0. The Balaban J connectivity index is 2.72. The second-order valence-corrected chi connectivity index (χ2v) is 5.42. The average Bonchev–Trinajstić information content (AvgIpc) is 2.58. The van der Waals surface area contributed by atoms with Crippen LogP contribution in [0.15, 0.2) is 48.5 Å². The highest BCUT2D eigenvalue weighted by Gasteiger charge is 2.37. The highest BCUT2D eigenvalue weighted by atomic mass is 19.4. The van der Waals surface area contributed by atoms with Crippen molar-refractivity contribution in [2.45, 2.75) is 12.4 Å². The number of carboxylic acids is 1. The van der Waals surface area contributed by atoms with Crippen molar-refractivity contribution in [3.8, 4) is 5.75 Å². The van der Waals surface area contributed by atoms with E-state index in [-0.39, 0.29) is 17.2 Å². The quantitative estimate of drug-likeness (QED) is 0.573. The van der Waals surface area contributed by atoms with Crippen LogP contribution in [0.5, 0.6) is 5.75 Å². The number of rotatable bonds is 4. The summed E-state index contributed by atoms with van der Waals surface area (Å²) < 4.78 is 83.2. The van der Waals surface area contributed by atoms with Crippen LogP contribution in [0.25, 0.3) is 5.57 Å². The molecule has 0 spiro atoms. The van der Waals surface area contributed by atoms with Crippen LogP contribution in [0.4, 0.5) is 26.3 Å². The molecule has 144 valence electrons. The van der Waals surface area contributed by atoms with E-state index in [9.17, 15) is 31.1 Å². The molecule has 0 aliphatic carbocycles. The summed E-state index contributed by atoms with van der Waals surface area (Å²) in [5, 5.41) is 9.02. The van der Waals surface area contributed by atoms with Crippen molar-refractivity contribution in [2.75, 3.05) is 7.11 Å². The summed E-state index contributed by atoms with van der Waals surface area (Å²) in [5.41, 5.74) is -3.77. The molecular formula is C18H12F6O3. The van der Waals surface area contributed by atoms with Gasteiger partial charge in [0.1, 0.15) is 5.75 Å². The first kappa shape index (κ1) is 20.3. The van der Waals surface area contributed by atoms with Crippen molar-refractivity contribution in [3.05, 3.63) is 70.8 Å². The van der Waals surface area contributed by atoms with Gasteiger partial charge in [0.2, 0.25) is 0 Å². The van der Waals surface area contributed by atoms with Gasteiger partial charge in [-0.1, -0.05) is 12.1 Å². The smallest absolute Gasteiger partial charge is 0.416 e. The Hall–Kier alpha value is -2.97. The van der Waals surface area contributed by atoms with Gasteiger partial charge in [0, 0.05) is 6.08 Å². The third-order valence-electron chi connectivity index (χ3n) is 3.57. The van der Waals surface area contributed by atoms with Crippen LogP contribution in [0, 0.1) is 0 Å². The first-order chi connectivity index (χ1) is 12.4. The van der Waals surface area contributed by atoms with E-state index in [0.29, 0.717) is 24.0 Å². The minimum absolute atomic E-state index is 0.0179. The van der Waals surface area contributed by atoms with Gasteiger partial charge in [-0.05, 0) is 47.0 Å². The van der Waals surface area contributed by atoms with Gasteiger partial charge in [-0.3, -0.25) is 0 Å². The molecule has 0 heterocycles. The maximum atomic E-state index is 13.0. The van der Waals surface area contributed by atoms with Crippen LogP contribution in [-0.4, -0.2) is 18.2 Å². The second kappa shape index (κ2) is 7.34. The molecule has 2 rings (SSSR count). The largest absolute Gasteiger partial charge is 0.497 e. The van der Waals surface area contributed by atoms with Crippen molar-refractivity contribution in [2.24, 2.45) is 0 Å². The van der Waals surface area contributed by atoms with Crippen molar-refractivity contribution in [1.29, 1.82) is 0 Å². The number of hydrogen-bond acceptors (Lipinski definition) is 2. The van der Waals surface area contributed by atoms with E-state index in [2.05, 4.69) is 0 Å². The number of methoxy groups -OCH3 is 1. The second-order valence-electron chi connectivity index (χ2n) is 5.42. The monoisotopic (exact) mass is 390 g/mol. The molecule has 0 unspecified atom stereocenters. The molecule has 0 atom stereocenters. The van der Waals surface area contributed by atoms with Crippen LogP contribution in [-0.2, 0) is 17.1 Å². The predicted octanol–water partition coefficient (Wildman–Crippen LogP) is 5.25. The van der Waals surface area contributed by atoms with Crippen LogP contribution in [0.3, 0.4) is 0 Å². The Kier molecular flexibility index (Phi) is 5.53. The average molecular weight is 390 g/mol. The van der Waals surface area contributed by atoms with Crippen LogP contribution in [0.1, 0.15) is 22.3 Å². The number of halogens is 6. The minimum Gasteiger partial charge on any atom is -0.497 e. The maximum absolute atomic E-state index is 13.0. The van der Waals surface area contributed by atoms with E-state index in [1.807, 2.05) is 0 Å². The van der Waals surface area contributed by atoms with Gasteiger partial charge in [-0.25, -0.2) is 4.79 Å². The summed E-state index contributed by atoms with van der Waals surface area (Å²) in [7, 11) is 1.37. The summed E-state index contributed by atoms with van der Waals surface area (Å²) in [5.74, 6) is -1.14. The van der Waals surface area contributed by atoms with Crippen LogP contribution in [0.2, 0.25) is 0 Å². The Morgan fingerprint density at radius 2 is 1.37 bits per heavy atom. The number of hydrogen-bond donors (Lipinski definition) is 1. The van der Waals surface area contributed by atoms with Gasteiger partial charge >= 0.3 is 18.3 Å². The van der Waals surface area contributed by atoms with E-state index >= 15 is 0 Å². The first-order valence-corrected chi connectivity index (χ1v) is 7.30. The summed E-state index contributed by atoms with van der Waals surface area (Å²) in [4.78, 5) is 11.1. The molecule has 0 bridgehead atoms. The molecule has 0 aromatic heterocycles. The number of aliphatic carboxylic acids is 1. The van der Waals surface area contributed by atoms with E-state index in [0.717, 1.165) is 0 Å². The van der Waals surface area contributed by atoms with E-state index < -0.39 is 35.0 Å². The third-order valence-corrected chi connectivity index (χ3v) is 3.57. The molecule has 2 aromatic carbocycles. The van der Waals surface area contributed by atoms with Crippen molar-refractivity contribution in [1.82, 2.24) is 0 Å². The molecule has 0 fully saturated rings. The number of carbonyl (C=O) groups is 1. The fourth-order valence-corrected chi connectivity index (χ4v) is 2.34. The van der Waals surface area contributed by atoms with Crippen LogP contribution < -0.4 is 4.74 Å². The zero-order chi connectivity index (χ0) is 20.4. The van der Waals surface area contributed by atoms with Crippen molar-refractivity contribution < 1.29 is 41.0 Å². The molecule has 0 saturated carbocycles. The van der Waals surface area contributed by atoms with Gasteiger partial charge in [0.25, 0.3) is 0 Å². The molecule has 27 heavy (non-hydrogen) atoms. The van der Waals surface area contributed by atoms with Gasteiger partial charge in [-0.15, -0.1) is 0 Å².